The summed E-state index contributed by atoms with van der Waals surface area (Å²) in [6.45, 7) is 10.4. The predicted molar refractivity (Wildman–Crippen MR) is 105 cm³/mol. The lowest BCUT2D eigenvalue weighted by Crippen LogP contribution is -2.25. The number of hydrogen-bond acceptors (Lipinski definition) is 3. The number of amides is 1. The van der Waals surface area contributed by atoms with E-state index < -0.39 is 0 Å². The minimum Gasteiger partial charge on any atom is -0.359 e. The van der Waals surface area contributed by atoms with E-state index in [1.807, 2.05) is 18.3 Å². The lowest BCUT2D eigenvalue weighted by molar-refractivity contribution is 0.0952. The smallest absolute Gasteiger partial charge is 0.252 e. The summed E-state index contributed by atoms with van der Waals surface area (Å²) in [7, 11) is 2.11. The number of aromatic nitrogens is 2. The lowest BCUT2D eigenvalue weighted by atomic mass is 10.1. The van der Waals surface area contributed by atoms with Crippen molar-refractivity contribution in [3.63, 3.8) is 0 Å². The molecular weight excluding hydrogens is 312 g/mol. The van der Waals surface area contributed by atoms with Gasteiger partial charge in [-0.1, -0.05) is 34.1 Å². The van der Waals surface area contributed by atoms with Crippen LogP contribution in [0.15, 0.2) is 18.3 Å². The first kappa shape index (κ1) is 19.3. The topological polar surface area (TPSA) is 49.6 Å². The van der Waals surface area contributed by atoms with Crippen molar-refractivity contribution in [3.8, 4) is 0 Å². The van der Waals surface area contributed by atoms with Crippen LogP contribution in [0.5, 0.6) is 0 Å². The van der Waals surface area contributed by atoms with Gasteiger partial charge in [0.2, 0.25) is 0 Å². The number of carbonyl (C=O) groups is 1. The second kappa shape index (κ2) is 8.88. The molecule has 5 heteroatoms. The van der Waals surface area contributed by atoms with E-state index >= 15 is 0 Å². The molecule has 0 aliphatic rings. The lowest BCUT2D eigenvalue weighted by Gasteiger charge is -2.21. The Hall–Kier alpha value is -2.04. The van der Waals surface area contributed by atoms with Gasteiger partial charge in [0.15, 0.2) is 0 Å². The van der Waals surface area contributed by atoms with Crippen LogP contribution in [0.2, 0.25) is 0 Å². The zero-order chi connectivity index (χ0) is 18.4. The molecule has 0 aliphatic heterocycles. The van der Waals surface area contributed by atoms with Crippen molar-refractivity contribution in [3.05, 3.63) is 29.6 Å². The quantitative estimate of drug-likeness (QED) is 0.702. The van der Waals surface area contributed by atoms with Gasteiger partial charge in [-0.05, 0) is 37.3 Å². The Kier molecular flexibility index (Phi) is 6.85. The Bertz CT molecular complexity index is 705. The molecule has 1 amide bonds. The Morgan fingerprint density at radius 2 is 2.08 bits per heavy atom. The van der Waals surface area contributed by atoms with Crippen LogP contribution in [0.3, 0.4) is 0 Å². The number of pyridine rings is 1. The Morgan fingerprint density at radius 1 is 1.32 bits per heavy atom. The summed E-state index contributed by atoms with van der Waals surface area (Å²) in [5.41, 5.74) is 2.66. The van der Waals surface area contributed by atoms with Gasteiger partial charge in [0.05, 0.1) is 11.3 Å². The highest BCUT2D eigenvalue weighted by molar-refractivity contribution is 5.94. The van der Waals surface area contributed by atoms with Crippen molar-refractivity contribution in [2.45, 2.75) is 53.4 Å². The Morgan fingerprint density at radius 3 is 2.72 bits per heavy atom. The molecule has 0 bridgehead atoms. The summed E-state index contributed by atoms with van der Waals surface area (Å²) in [5.74, 6) is 1.74. The van der Waals surface area contributed by atoms with Gasteiger partial charge in [0.25, 0.3) is 5.91 Å². The predicted octanol–water partition coefficient (Wildman–Crippen LogP) is 3.91. The van der Waals surface area contributed by atoms with E-state index in [9.17, 15) is 4.79 Å². The van der Waals surface area contributed by atoms with E-state index in [0.29, 0.717) is 11.5 Å². The number of fused-ring (bicyclic) bond motifs is 1. The third kappa shape index (κ3) is 4.74. The average Bonchev–Trinajstić information content (AvgIpc) is 2.97. The number of imidazole rings is 1. The number of unbranched alkanes of at least 4 members (excludes halogenated alkanes) is 1. The second-order valence-electron chi connectivity index (χ2n) is 7.10. The minimum atomic E-state index is -0.0159. The molecule has 0 aromatic carbocycles. The van der Waals surface area contributed by atoms with E-state index in [0.717, 1.165) is 55.9 Å². The molecule has 25 heavy (non-hydrogen) atoms. The Labute approximate surface area is 151 Å². The number of nitrogens with zero attached hydrogens (tertiary/aromatic N) is 3. The van der Waals surface area contributed by atoms with Crippen molar-refractivity contribution in [2.24, 2.45) is 5.92 Å². The Balaban J connectivity index is 2.32. The molecule has 0 aliphatic carbocycles. The molecule has 5 nitrogen and oxygen atoms in total. The fourth-order valence-corrected chi connectivity index (χ4v) is 2.90. The fourth-order valence-electron chi connectivity index (χ4n) is 2.90. The second-order valence-corrected chi connectivity index (χ2v) is 7.10. The zero-order valence-electron chi connectivity index (χ0n) is 16.3. The molecule has 0 fully saturated rings. The number of rotatable bonds is 9. The van der Waals surface area contributed by atoms with E-state index in [1.54, 1.807) is 0 Å². The van der Waals surface area contributed by atoms with Gasteiger partial charge in [0.1, 0.15) is 11.5 Å². The molecular formula is C20H32N4O. The van der Waals surface area contributed by atoms with Gasteiger partial charge in [-0.2, -0.15) is 0 Å². The highest BCUT2D eigenvalue weighted by Crippen LogP contribution is 2.23. The summed E-state index contributed by atoms with van der Waals surface area (Å²) in [6.07, 6.45) is 6.00. The van der Waals surface area contributed by atoms with Crippen LogP contribution in [-0.2, 0) is 6.42 Å². The van der Waals surface area contributed by atoms with Gasteiger partial charge in [-0.15, -0.1) is 0 Å². The van der Waals surface area contributed by atoms with E-state index in [-0.39, 0.29) is 5.91 Å². The zero-order valence-corrected chi connectivity index (χ0v) is 16.3. The van der Waals surface area contributed by atoms with Crippen molar-refractivity contribution in [1.82, 2.24) is 14.7 Å². The third-order valence-corrected chi connectivity index (χ3v) is 4.48. The van der Waals surface area contributed by atoms with Gasteiger partial charge >= 0.3 is 0 Å². The molecule has 138 valence electrons. The van der Waals surface area contributed by atoms with Crippen LogP contribution in [0, 0.1) is 5.92 Å². The highest BCUT2D eigenvalue weighted by Gasteiger charge is 2.16. The monoisotopic (exact) mass is 344 g/mol. The molecule has 2 aromatic heterocycles. The largest absolute Gasteiger partial charge is 0.359 e. The van der Waals surface area contributed by atoms with E-state index in [1.165, 1.54) is 0 Å². The van der Waals surface area contributed by atoms with Crippen LogP contribution in [0.1, 0.15) is 63.0 Å². The minimum absolute atomic E-state index is 0.0159. The first-order chi connectivity index (χ1) is 12.0. The average molecular weight is 345 g/mol. The molecule has 2 heterocycles. The number of carbonyl (C=O) groups excluding carboxylic acids is 1. The van der Waals surface area contributed by atoms with E-state index in [4.69, 9.17) is 4.98 Å². The highest BCUT2D eigenvalue weighted by atomic mass is 16.1. The number of anilines is 1. The van der Waals surface area contributed by atoms with Crippen LogP contribution in [-0.4, -0.2) is 35.4 Å². The molecule has 2 aromatic rings. The fraction of sp³-hybridized carbons (Fsp3) is 0.600. The normalized spacial score (nSPS) is 11.3. The van der Waals surface area contributed by atoms with Gasteiger partial charge < -0.3 is 10.2 Å². The molecule has 0 saturated heterocycles. The maximum Gasteiger partial charge on any atom is 0.252 e. The molecule has 0 radical (unpaired) electrons. The van der Waals surface area contributed by atoms with Gasteiger partial charge in [-0.25, -0.2) is 4.98 Å². The number of nitrogens with one attached hydrogen (secondary N) is 1. The standard InChI is InChI=1S/C20H32N4O/c1-6-8-12-21-19(25)16-9-10-18-22-17(7-2)20(24(18)14-16)23(5)13-11-15(3)4/h9-10,14-15H,6-8,11-13H2,1-5H3,(H,21,25). The first-order valence-electron chi connectivity index (χ1n) is 9.48. The summed E-state index contributed by atoms with van der Waals surface area (Å²) in [4.78, 5) is 19.4. The molecule has 1 N–H and O–H groups in total. The summed E-state index contributed by atoms with van der Waals surface area (Å²) in [5, 5.41) is 2.99. The van der Waals surface area contributed by atoms with E-state index in [2.05, 4.69) is 49.4 Å². The summed E-state index contributed by atoms with van der Waals surface area (Å²) in [6, 6.07) is 3.80. The maximum atomic E-state index is 12.4. The molecule has 0 atom stereocenters. The van der Waals surface area contributed by atoms with Crippen molar-refractivity contribution in [1.29, 1.82) is 0 Å². The first-order valence-corrected chi connectivity index (χ1v) is 9.48. The van der Waals surface area contributed by atoms with Crippen molar-refractivity contribution >= 4 is 17.4 Å². The number of hydrogen-bond donors (Lipinski definition) is 1. The van der Waals surface area contributed by atoms with Crippen LogP contribution in [0.4, 0.5) is 5.82 Å². The molecule has 0 saturated carbocycles. The SMILES string of the molecule is CCCCNC(=O)c1ccc2nc(CC)c(N(C)CCC(C)C)n2c1. The molecule has 2 rings (SSSR count). The van der Waals surface area contributed by atoms with Gasteiger partial charge in [-0.3, -0.25) is 9.20 Å². The maximum absolute atomic E-state index is 12.4. The summed E-state index contributed by atoms with van der Waals surface area (Å²) >= 11 is 0. The summed E-state index contributed by atoms with van der Waals surface area (Å²) < 4.78 is 2.06. The van der Waals surface area contributed by atoms with Crippen molar-refractivity contribution < 1.29 is 4.79 Å². The van der Waals surface area contributed by atoms with Crippen LogP contribution in [0.25, 0.3) is 5.65 Å². The third-order valence-electron chi connectivity index (χ3n) is 4.48. The van der Waals surface area contributed by atoms with Crippen LogP contribution >= 0.6 is 0 Å². The number of aryl methyl sites for hydroxylation is 1. The van der Waals surface area contributed by atoms with Crippen molar-refractivity contribution in [2.75, 3.05) is 25.0 Å². The van der Waals surface area contributed by atoms with Crippen LogP contribution < -0.4 is 10.2 Å². The molecule has 0 spiro atoms. The van der Waals surface area contributed by atoms with Gasteiger partial charge in [0, 0.05) is 26.3 Å². The molecule has 0 unspecified atom stereocenters.